The van der Waals surface area contributed by atoms with E-state index in [0.717, 1.165) is 30.0 Å². The Kier molecular flexibility index (Phi) is 7.17. The maximum absolute atomic E-state index is 13.0. The second kappa shape index (κ2) is 11.0. The number of benzene rings is 3. The van der Waals surface area contributed by atoms with Gasteiger partial charge in [-0.05, 0) is 59.4 Å². The van der Waals surface area contributed by atoms with Crippen molar-refractivity contribution >= 4 is 16.8 Å². The van der Waals surface area contributed by atoms with Crippen molar-refractivity contribution in [1.29, 1.82) is 0 Å². The number of fused-ring (bicyclic) bond motifs is 1. The van der Waals surface area contributed by atoms with E-state index in [4.69, 9.17) is 9.15 Å². The van der Waals surface area contributed by atoms with Gasteiger partial charge in [-0.2, -0.15) is 0 Å². The summed E-state index contributed by atoms with van der Waals surface area (Å²) in [5.74, 6) is 1.64. The van der Waals surface area contributed by atoms with Crippen LogP contribution in [-0.2, 0) is 24.3 Å². The summed E-state index contributed by atoms with van der Waals surface area (Å²) < 4.78 is 13.0. The van der Waals surface area contributed by atoms with E-state index in [1.54, 1.807) is 13.4 Å². The lowest BCUT2D eigenvalue weighted by Crippen LogP contribution is -2.25. The molecule has 5 rings (SSSR count). The highest BCUT2D eigenvalue weighted by atomic mass is 16.5. The molecule has 2 heterocycles. The number of hydrogen-bond donors (Lipinski definition) is 1. The van der Waals surface area contributed by atoms with E-state index < -0.39 is 0 Å². The molecule has 5 aromatic rings. The molecule has 0 saturated heterocycles. The van der Waals surface area contributed by atoms with Gasteiger partial charge in [0, 0.05) is 30.1 Å². The molecule has 0 aliphatic carbocycles. The zero-order chi connectivity index (χ0) is 24.7. The lowest BCUT2D eigenvalue weighted by Gasteiger charge is -2.17. The molecule has 0 saturated carbocycles. The molecule has 1 atom stereocenters. The maximum Gasteiger partial charge on any atom is 0.220 e. The van der Waals surface area contributed by atoms with Gasteiger partial charge >= 0.3 is 0 Å². The summed E-state index contributed by atoms with van der Waals surface area (Å²) >= 11 is 0. The fourth-order valence-electron chi connectivity index (χ4n) is 4.74. The van der Waals surface area contributed by atoms with Crippen molar-refractivity contribution < 1.29 is 13.9 Å². The summed E-state index contributed by atoms with van der Waals surface area (Å²) in [6, 6.07) is 30.7. The standard InChI is InChI=1S/C31H30N2O3/c1-35-26-15-13-24(14-16-26)21-33-22-29(28-11-5-6-12-30(28)33)25(18-23-8-3-2-4-9-23)19-31(34)32-20-27-10-7-17-36-27/h2-17,22,25H,18-21H2,1H3,(H,32,34)/t25-/m1/s1. The number of para-hydroxylation sites is 1. The summed E-state index contributed by atoms with van der Waals surface area (Å²) in [5, 5.41) is 4.21. The minimum atomic E-state index is 0.0133. The van der Waals surface area contributed by atoms with Crippen LogP contribution in [0.15, 0.2) is 108 Å². The van der Waals surface area contributed by atoms with Gasteiger partial charge in [-0.1, -0.05) is 60.7 Å². The van der Waals surface area contributed by atoms with Gasteiger partial charge in [-0.15, -0.1) is 0 Å². The van der Waals surface area contributed by atoms with Gasteiger partial charge in [0.2, 0.25) is 5.91 Å². The van der Waals surface area contributed by atoms with Crippen LogP contribution in [0.4, 0.5) is 0 Å². The number of nitrogens with one attached hydrogen (secondary N) is 1. The van der Waals surface area contributed by atoms with Gasteiger partial charge in [0.25, 0.3) is 0 Å². The zero-order valence-corrected chi connectivity index (χ0v) is 20.4. The SMILES string of the molecule is COc1ccc(Cn2cc([C@@H](CC(=O)NCc3ccco3)Cc3ccccc3)c3ccccc32)cc1. The molecular formula is C31H30N2O3. The van der Waals surface area contributed by atoms with Crippen LogP contribution >= 0.6 is 0 Å². The maximum atomic E-state index is 13.0. The van der Waals surface area contributed by atoms with E-state index in [9.17, 15) is 4.79 Å². The number of hydrogen-bond acceptors (Lipinski definition) is 3. The predicted molar refractivity (Wildman–Crippen MR) is 142 cm³/mol. The van der Waals surface area contributed by atoms with Crippen molar-refractivity contribution in [2.45, 2.75) is 31.8 Å². The average Bonchev–Trinajstić information content (AvgIpc) is 3.57. The van der Waals surface area contributed by atoms with Crippen molar-refractivity contribution in [1.82, 2.24) is 9.88 Å². The Balaban J connectivity index is 1.45. The highest BCUT2D eigenvalue weighted by Gasteiger charge is 2.22. The summed E-state index contributed by atoms with van der Waals surface area (Å²) in [6.45, 7) is 1.14. The number of furan rings is 1. The Labute approximate surface area is 211 Å². The van der Waals surface area contributed by atoms with E-state index in [2.05, 4.69) is 76.7 Å². The molecule has 1 N–H and O–H groups in total. The smallest absolute Gasteiger partial charge is 0.220 e. The molecule has 182 valence electrons. The number of nitrogens with zero attached hydrogens (tertiary/aromatic N) is 1. The molecule has 0 spiro atoms. The molecule has 5 nitrogen and oxygen atoms in total. The van der Waals surface area contributed by atoms with Gasteiger partial charge < -0.3 is 19.0 Å². The highest BCUT2D eigenvalue weighted by molar-refractivity contribution is 5.86. The number of ether oxygens (including phenoxy) is 1. The molecule has 5 heteroatoms. The molecule has 0 fully saturated rings. The number of amides is 1. The lowest BCUT2D eigenvalue weighted by molar-refractivity contribution is -0.121. The number of aromatic nitrogens is 1. The zero-order valence-electron chi connectivity index (χ0n) is 20.4. The highest BCUT2D eigenvalue weighted by Crippen LogP contribution is 2.33. The number of rotatable bonds is 10. The largest absolute Gasteiger partial charge is 0.497 e. The molecule has 0 aliphatic heterocycles. The molecule has 1 amide bonds. The third-order valence-corrected chi connectivity index (χ3v) is 6.57. The van der Waals surface area contributed by atoms with Gasteiger partial charge in [-0.3, -0.25) is 4.79 Å². The first-order valence-corrected chi connectivity index (χ1v) is 12.2. The van der Waals surface area contributed by atoms with Gasteiger partial charge in [0.05, 0.1) is 19.9 Å². The Hall–Kier alpha value is -4.25. The fourth-order valence-corrected chi connectivity index (χ4v) is 4.74. The topological polar surface area (TPSA) is 56.4 Å². The Bertz CT molecular complexity index is 1400. The monoisotopic (exact) mass is 478 g/mol. The van der Waals surface area contributed by atoms with Gasteiger partial charge in [-0.25, -0.2) is 0 Å². The molecule has 0 bridgehead atoms. The van der Waals surface area contributed by atoms with E-state index in [-0.39, 0.29) is 11.8 Å². The fraction of sp³-hybridized carbons (Fsp3) is 0.194. The summed E-state index contributed by atoms with van der Waals surface area (Å²) in [4.78, 5) is 13.0. The second-order valence-electron chi connectivity index (χ2n) is 9.02. The number of methoxy groups -OCH3 is 1. The van der Waals surface area contributed by atoms with Crippen molar-refractivity contribution in [2.75, 3.05) is 7.11 Å². The van der Waals surface area contributed by atoms with E-state index >= 15 is 0 Å². The summed E-state index contributed by atoms with van der Waals surface area (Å²) in [7, 11) is 1.68. The Morgan fingerprint density at radius 1 is 0.917 bits per heavy atom. The molecule has 2 aromatic heterocycles. The lowest BCUT2D eigenvalue weighted by atomic mass is 9.88. The molecule has 36 heavy (non-hydrogen) atoms. The van der Waals surface area contributed by atoms with Crippen molar-refractivity contribution in [2.24, 2.45) is 0 Å². The van der Waals surface area contributed by atoms with Gasteiger partial charge in [0.1, 0.15) is 11.5 Å². The quantitative estimate of drug-likeness (QED) is 0.255. The van der Waals surface area contributed by atoms with Crippen molar-refractivity contribution in [3.63, 3.8) is 0 Å². The number of carbonyl (C=O) groups is 1. The molecule has 3 aromatic carbocycles. The van der Waals surface area contributed by atoms with Crippen LogP contribution in [0.1, 0.15) is 34.8 Å². The van der Waals surface area contributed by atoms with Gasteiger partial charge in [0.15, 0.2) is 0 Å². The van der Waals surface area contributed by atoms with E-state index in [1.807, 2.05) is 30.3 Å². The van der Waals surface area contributed by atoms with Crippen LogP contribution in [0.2, 0.25) is 0 Å². The first-order chi connectivity index (χ1) is 17.7. The minimum absolute atomic E-state index is 0.0133. The second-order valence-corrected chi connectivity index (χ2v) is 9.02. The first kappa shape index (κ1) is 23.5. The predicted octanol–water partition coefficient (Wildman–Crippen LogP) is 6.32. The van der Waals surface area contributed by atoms with Crippen molar-refractivity contribution in [3.05, 3.63) is 126 Å². The molecule has 0 aliphatic rings. The Morgan fingerprint density at radius 2 is 1.69 bits per heavy atom. The molecule has 0 unspecified atom stereocenters. The van der Waals surface area contributed by atoms with Crippen LogP contribution < -0.4 is 10.1 Å². The Morgan fingerprint density at radius 3 is 2.44 bits per heavy atom. The third kappa shape index (κ3) is 5.52. The third-order valence-electron chi connectivity index (χ3n) is 6.57. The average molecular weight is 479 g/mol. The summed E-state index contributed by atoms with van der Waals surface area (Å²) in [5.41, 5.74) is 4.76. The van der Waals surface area contributed by atoms with Crippen LogP contribution in [0, 0.1) is 0 Å². The molecular weight excluding hydrogens is 448 g/mol. The number of carbonyl (C=O) groups excluding carboxylic acids is 1. The first-order valence-electron chi connectivity index (χ1n) is 12.2. The summed E-state index contributed by atoms with van der Waals surface area (Å²) in [6.07, 6.45) is 5.03. The normalized spacial score (nSPS) is 11.9. The van der Waals surface area contributed by atoms with Crippen LogP contribution in [0.3, 0.4) is 0 Å². The minimum Gasteiger partial charge on any atom is -0.497 e. The van der Waals surface area contributed by atoms with E-state index in [0.29, 0.717) is 13.0 Å². The van der Waals surface area contributed by atoms with Crippen molar-refractivity contribution in [3.8, 4) is 5.75 Å². The van der Waals surface area contributed by atoms with Crippen LogP contribution in [0.25, 0.3) is 10.9 Å². The van der Waals surface area contributed by atoms with Crippen LogP contribution in [0.5, 0.6) is 5.75 Å². The van der Waals surface area contributed by atoms with E-state index in [1.165, 1.54) is 22.1 Å². The molecule has 0 radical (unpaired) electrons. The van der Waals surface area contributed by atoms with Crippen LogP contribution in [-0.4, -0.2) is 17.6 Å².